The van der Waals surface area contributed by atoms with Gasteiger partial charge >= 0.3 is 0 Å². The predicted molar refractivity (Wildman–Crippen MR) is 109 cm³/mol. The molecule has 0 bridgehead atoms. The van der Waals surface area contributed by atoms with Gasteiger partial charge in [-0.3, -0.25) is 9.48 Å². The van der Waals surface area contributed by atoms with Crippen LogP contribution in [0.2, 0.25) is 5.02 Å². The molecule has 6 nitrogen and oxygen atoms in total. The second-order valence-electron chi connectivity index (χ2n) is 7.22. The first-order chi connectivity index (χ1) is 13.5. The Bertz CT molecular complexity index is 828. The van der Waals surface area contributed by atoms with E-state index in [0.29, 0.717) is 50.8 Å². The van der Waals surface area contributed by atoms with Crippen molar-refractivity contribution in [1.82, 2.24) is 15.1 Å². The number of methoxy groups -OCH3 is 1. The lowest BCUT2D eigenvalue weighted by Gasteiger charge is -2.36. The highest BCUT2D eigenvalue weighted by molar-refractivity contribution is 6.31. The summed E-state index contributed by atoms with van der Waals surface area (Å²) < 4.78 is 12.6. The first kappa shape index (κ1) is 20.8. The van der Waals surface area contributed by atoms with Gasteiger partial charge in [0, 0.05) is 43.1 Å². The average Bonchev–Trinajstić information content (AvgIpc) is 2.98. The highest BCUT2D eigenvalue weighted by Gasteiger charge is 2.42. The van der Waals surface area contributed by atoms with Crippen LogP contribution in [0.3, 0.4) is 0 Å². The fourth-order valence-electron chi connectivity index (χ4n) is 3.91. The van der Waals surface area contributed by atoms with Crippen molar-refractivity contribution in [1.29, 1.82) is 0 Å². The van der Waals surface area contributed by atoms with Gasteiger partial charge in [-0.1, -0.05) is 29.8 Å². The second kappa shape index (κ2) is 9.07. The molecule has 1 saturated heterocycles. The van der Waals surface area contributed by atoms with E-state index in [4.69, 9.17) is 21.1 Å². The number of aromatic nitrogens is 2. The number of aryl methyl sites for hydroxylation is 1. The monoisotopic (exact) mass is 405 g/mol. The normalized spacial score (nSPS) is 16.1. The van der Waals surface area contributed by atoms with E-state index < -0.39 is 5.41 Å². The van der Waals surface area contributed by atoms with Crippen molar-refractivity contribution in [2.75, 3.05) is 26.9 Å². The number of ether oxygens (including phenoxy) is 2. The minimum absolute atomic E-state index is 0.00709. The minimum Gasteiger partial charge on any atom is -0.383 e. The Hall–Kier alpha value is -1.89. The predicted octanol–water partition coefficient (Wildman–Crippen LogP) is 3.16. The highest BCUT2D eigenvalue weighted by atomic mass is 35.5. The molecule has 1 amide bonds. The number of carbonyl (C=O) groups excluding carboxylic acids is 1. The van der Waals surface area contributed by atoms with Crippen LogP contribution in [0.4, 0.5) is 0 Å². The molecule has 1 N–H and O–H groups in total. The van der Waals surface area contributed by atoms with Gasteiger partial charge in [0.1, 0.15) is 0 Å². The molecule has 1 aliphatic heterocycles. The first-order valence-electron chi connectivity index (χ1n) is 9.62. The molecule has 0 saturated carbocycles. The van der Waals surface area contributed by atoms with Gasteiger partial charge in [-0.2, -0.15) is 5.10 Å². The summed E-state index contributed by atoms with van der Waals surface area (Å²) in [6.07, 6.45) is 1.24. The Balaban J connectivity index is 1.81. The van der Waals surface area contributed by atoms with Crippen LogP contribution in [0.1, 0.15) is 35.4 Å². The molecule has 1 fully saturated rings. The van der Waals surface area contributed by atoms with Crippen LogP contribution >= 0.6 is 11.6 Å². The maximum absolute atomic E-state index is 13.4. The van der Waals surface area contributed by atoms with Gasteiger partial charge < -0.3 is 14.8 Å². The Morgan fingerprint density at radius 1 is 1.32 bits per heavy atom. The molecule has 2 heterocycles. The van der Waals surface area contributed by atoms with Gasteiger partial charge in [0.2, 0.25) is 5.91 Å². The van der Waals surface area contributed by atoms with Crippen molar-refractivity contribution in [3.63, 3.8) is 0 Å². The van der Waals surface area contributed by atoms with Gasteiger partial charge in [0.05, 0.1) is 24.3 Å². The standard InChI is InChI=1S/C21H28ClN3O3/c1-15-17(16(2)25(24-15)10-13-27-3)14-23-20(26)21(8-11-28-12-9-21)18-6-4-5-7-19(18)22/h4-7H,8-14H2,1-3H3,(H,23,26). The van der Waals surface area contributed by atoms with E-state index >= 15 is 0 Å². The quantitative estimate of drug-likeness (QED) is 0.768. The number of hydrogen-bond acceptors (Lipinski definition) is 4. The third-order valence-electron chi connectivity index (χ3n) is 5.63. The zero-order valence-corrected chi connectivity index (χ0v) is 17.5. The number of hydrogen-bond donors (Lipinski definition) is 1. The number of benzene rings is 1. The molecule has 1 aromatic carbocycles. The van der Waals surface area contributed by atoms with Crippen molar-refractivity contribution in [3.05, 3.63) is 51.8 Å². The SMILES string of the molecule is COCCn1nc(C)c(CNC(=O)C2(c3ccccc3Cl)CCOCC2)c1C. The topological polar surface area (TPSA) is 65.4 Å². The van der Waals surface area contributed by atoms with Crippen LogP contribution in [0.15, 0.2) is 24.3 Å². The van der Waals surface area contributed by atoms with Crippen LogP contribution in [-0.2, 0) is 32.8 Å². The highest BCUT2D eigenvalue weighted by Crippen LogP contribution is 2.39. The molecule has 0 atom stereocenters. The van der Waals surface area contributed by atoms with Crippen LogP contribution in [0, 0.1) is 13.8 Å². The maximum atomic E-state index is 13.4. The van der Waals surface area contributed by atoms with E-state index in [1.165, 1.54) is 0 Å². The van der Waals surface area contributed by atoms with Crippen molar-refractivity contribution >= 4 is 17.5 Å². The molecule has 1 aromatic heterocycles. The third kappa shape index (κ3) is 4.09. The lowest BCUT2D eigenvalue weighted by Crippen LogP contribution is -2.48. The molecule has 0 spiro atoms. The lowest BCUT2D eigenvalue weighted by atomic mass is 9.73. The summed E-state index contributed by atoms with van der Waals surface area (Å²) in [7, 11) is 1.68. The number of nitrogens with zero attached hydrogens (tertiary/aromatic N) is 2. The lowest BCUT2D eigenvalue weighted by molar-refractivity contribution is -0.130. The van der Waals surface area contributed by atoms with Crippen LogP contribution in [-0.4, -0.2) is 42.6 Å². The fourth-order valence-corrected chi connectivity index (χ4v) is 4.23. The third-order valence-corrected chi connectivity index (χ3v) is 5.96. The number of rotatable bonds is 7. The van der Waals surface area contributed by atoms with E-state index in [1.54, 1.807) is 7.11 Å². The van der Waals surface area contributed by atoms with Gasteiger partial charge in [0.25, 0.3) is 0 Å². The fraction of sp³-hybridized carbons (Fsp3) is 0.524. The van der Waals surface area contributed by atoms with Crippen LogP contribution < -0.4 is 5.32 Å². The molecular weight excluding hydrogens is 378 g/mol. The molecule has 0 unspecified atom stereocenters. The summed E-state index contributed by atoms with van der Waals surface area (Å²) in [5, 5.41) is 8.34. The van der Waals surface area contributed by atoms with E-state index in [1.807, 2.05) is 42.8 Å². The number of amides is 1. The summed E-state index contributed by atoms with van der Waals surface area (Å²) in [5.74, 6) is -0.00709. The number of carbonyl (C=O) groups is 1. The van der Waals surface area contributed by atoms with Gasteiger partial charge in [-0.25, -0.2) is 0 Å². The van der Waals surface area contributed by atoms with Crippen molar-refractivity contribution in [2.24, 2.45) is 0 Å². The Kier molecular flexibility index (Phi) is 6.75. The van der Waals surface area contributed by atoms with Gasteiger partial charge in [0.15, 0.2) is 0 Å². The van der Waals surface area contributed by atoms with Gasteiger partial charge in [-0.05, 0) is 38.3 Å². The van der Waals surface area contributed by atoms with E-state index in [0.717, 1.165) is 22.5 Å². The van der Waals surface area contributed by atoms with E-state index in [2.05, 4.69) is 10.4 Å². The zero-order chi connectivity index (χ0) is 20.1. The molecular formula is C21H28ClN3O3. The summed E-state index contributed by atoms with van der Waals surface area (Å²) in [6.45, 7) is 6.82. The van der Waals surface area contributed by atoms with E-state index in [9.17, 15) is 4.79 Å². The van der Waals surface area contributed by atoms with Gasteiger partial charge in [-0.15, -0.1) is 0 Å². The number of nitrogens with one attached hydrogen (secondary N) is 1. The summed E-state index contributed by atoms with van der Waals surface area (Å²) >= 11 is 6.46. The maximum Gasteiger partial charge on any atom is 0.231 e. The van der Waals surface area contributed by atoms with E-state index in [-0.39, 0.29) is 5.91 Å². The summed E-state index contributed by atoms with van der Waals surface area (Å²) in [5.41, 5.74) is 3.23. The molecule has 0 radical (unpaired) electrons. The zero-order valence-electron chi connectivity index (χ0n) is 16.8. The number of halogens is 1. The Labute approximate surface area is 171 Å². The molecule has 0 aliphatic carbocycles. The van der Waals surface area contributed by atoms with Crippen molar-refractivity contribution in [3.8, 4) is 0 Å². The smallest absolute Gasteiger partial charge is 0.231 e. The molecule has 7 heteroatoms. The molecule has 2 aromatic rings. The van der Waals surface area contributed by atoms with Crippen molar-refractivity contribution < 1.29 is 14.3 Å². The summed E-state index contributed by atoms with van der Waals surface area (Å²) in [6, 6.07) is 7.61. The minimum atomic E-state index is -0.662. The largest absolute Gasteiger partial charge is 0.383 e. The Morgan fingerprint density at radius 3 is 2.71 bits per heavy atom. The van der Waals surface area contributed by atoms with Crippen LogP contribution in [0.5, 0.6) is 0 Å². The van der Waals surface area contributed by atoms with Crippen LogP contribution in [0.25, 0.3) is 0 Å². The molecule has 152 valence electrons. The molecule has 3 rings (SSSR count). The summed E-state index contributed by atoms with van der Waals surface area (Å²) in [4.78, 5) is 13.4. The first-order valence-corrected chi connectivity index (χ1v) is 10.0. The average molecular weight is 406 g/mol. The molecule has 28 heavy (non-hydrogen) atoms. The molecule has 1 aliphatic rings. The Morgan fingerprint density at radius 2 is 2.04 bits per heavy atom. The second-order valence-corrected chi connectivity index (χ2v) is 7.63. The van der Waals surface area contributed by atoms with Crippen molar-refractivity contribution in [2.45, 2.75) is 45.2 Å².